The second kappa shape index (κ2) is 5.12. The van der Waals surface area contributed by atoms with Crippen molar-refractivity contribution in [1.82, 2.24) is 4.72 Å². The van der Waals surface area contributed by atoms with Crippen LogP contribution in [0.2, 0.25) is 0 Å². The van der Waals surface area contributed by atoms with Crippen molar-refractivity contribution in [3.63, 3.8) is 0 Å². The van der Waals surface area contributed by atoms with E-state index in [1.165, 1.54) is 6.07 Å². The fraction of sp³-hybridized carbons (Fsp3) is 0.111. The maximum absolute atomic E-state index is 11.7. The van der Waals surface area contributed by atoms with Crippen LogP contribution in [0.15, 0.2) is 45.2 Å². The molecule has 0 radical (unpaired) electrons. The third-order valence-corrected chi connectivity index (χ3v) is 4.13. The van der Waals surface area contributed by atoms with E-state index in [2.05, 4.69) is 27.2 Å². The van der Waals surface area contributed by atoms with Gasteiger partial charge in [-0.1, -0.05) is 30.3 Å². The van der Waals surface area contributed by atoms with Gasteiger partial charge in [-0.2, -0.15) is 0 Å². The predicted octanol–water partition coefficient (Wildman–Crippen LogP) is 2.48. The van der Waals surface area contributed by atoms with Crippen LogP contribution in [0.25, 0.3) is 0 Å². The minimum atomic E-state index is -3.53. The smallest absolute Gasteiger partial charge is 0.207 e. The average molecular weight is 311 g/mol. The van der Waals surface area contributed by atoms with Crippen molar-refractivity contribution >= 4 is 37.6 Å². The van der Waals surface area contributed by atoms with Crippen LogP contribution >= 0.6 is 27.5 Å². The summed E-state index contributed by atoms with van der Waals surface area (Å²) in [5, 5.41) is 0.241. The Hall–Kier alpha value is -0.360. The molecule has 3 nitrogen and oxygen atoms in total. The molecule has 0 aliphatic rings. The molecule has 0 fully saturated rings. The minimum Gasteiger partial charge on any atom is -0.207 e. The van der Waals surface area contributed by atoms with Crippen LogP contribution in [-0.2, 0) is 10.0 Å². The van der Waals surface area contributed by atoms with E-state index in [1.807, 2.05) is 0 Å². The molecule has 1 aromatic carbocycles. The number of hydrogen-bond acceptors (Lipinski definition) is 2. The highest BCUT2D eigenvalue weighted by atomic mass is 79.9. The van der Waals surface area contributed by atoms with Crippen molar-refractivity contribution in [2.24, 2.45) is 0 Å². The van der Waals surface area contributed by atoms with Gasteiger partial charge in [0.1, 0.15) is 0 Å². The Morgan fingerprint density at radius 1 is 1.47 bits per heavy atom. The molecule has 0 saturated heterocycles. The highest BCUT2D eigenvalue weighted by Crippen LogP contribution is 2.20. The highest BCUT2D eigenvalue weighted by Gasteiger charge is 2.16. The Morgan fingerprint density at radius 2 is 2.07 bits per heavy atom. The first-order valence-corrected chi connectivity index (χ1v) is 6.66. The van der Waals surface area contributed by atoms with Crippen LogP contribution in [0, 0.1) is 0 Å². The summed E-state index contributed by atoms with van der Waals surface area (Å²) in [6.07, 6.45) is 0. The molecule has 1 N–H and O–H groups in total. The molecule has 0 amide bonds. The van der Waals surface area contributed by atoms with Gasteiger partial charge in [-0.25, -0.2) is 13.1 Å². The van der Waals surface area contributed by atoms with Gasteiger partial charge in [0.15, 0.2) is 0 Å². The topological polar surface area (TPSA) is 46.2 Å². The largest absolute Gasteiger partial charge is 0.242 e. The van der Waals surface area contributed by atoms with E-state index in [1.54, 1.807) is 18.2 Å². The molecular weight excluding hydrogens is 302 g/mol. The van der Waals surface area contributed by atoms with E-state index in [0.29, 0.717) is 4.47 Å². The zero-order valence-corrected chi connectivity index (χ0v) is 10.9. The maximum Gasteiger partial charge on any atom is 0.242 e. The molecule has 0 aliphatic heterocycles. The lowest BCUT2D eigenvalue weighted by molar-refractivity contribution is 0.585. The summed E-state index contributed by atoms with van der Waals surface area (Å²) in [5.74, 6) is 0. The molecule has 0 unspecified atom stereocenters. The molecule has 0 bridgehead atoms. The Kier molecular flexibility index (Phi) is 4.33. The second-order valence-electron chi connectivity index (χ2n) is 2.77. The fourth-order valence-corrected chi connectivity index (χ4v) is 3.09. The molecule has 82 valence electrons. The van der Waals surface area contributed by atoms with Crippen LogP contribution in [0.3, 0.4) is 0 Å². The van der Waals surface area contributed by atoms with E-state index < -0.39 is 10.0 Å². The number of halogens is 2. The molecule has 0 atom stereocenters. The zero-order chi connectivity index (χ0) is 11.5. The van der Waals surface area contributed by atoms with Gasteiger partial charge in [0, 0.05) is 16.0 Å². The molecule has 1 rings (SSSR count). The van der Waals surface area contributed by atoms with E-state index in [4.69, 9.17) is 11.6 Å². The summed E-state index contributed by atoms with van der Waals surface area (Å²) in [5.41, 5.74) is 0. The van der Waals surface area contributed by atoms with Crippen molar-refractivity contribution in [1.29, 1.82) is 0 Å². The maximum atomic E-state index is 11.7. The van der Waals surface area contributed by atoms with Crippen LogP contribution in [0.4, 0.5) is 0 Å². The average Bonchev–Trinajstić information content (AvgIpc) is 2.15. The third-order valence-electron chi connectivity index (χ3n) is 1.58. The standard InChI is InChI=1S/C9H9BrClNO2S/c1-7(11)6-12-15(13,14)9-5-3-2-4-8(9)10/h2-5,12H,1,6H2. The van der Waals surface area contributed by atoms with Gasteiger partial charge in [0.05, 0.1) is 4.90 Å². The SMILES string of the molecule is C=C(Cl)CNS(=O)(=O)c1ccccc1Br. The number of nitrogens with one attached hydrogen (secondary N) is 1. The Labute approximate surface area is 102 Å². The van der Waals surface area contributed by atoms with Gasteiger partial charge in [-0.05, 0) is 28.1 Å². The van der Waals surface area contributed by atoms with Gasteiger partial charge in [-0.3, -0.25) is 0 Å². The molecule has 0 aromatic heterocycles. The van der Waals surface area contributed by atoms with E-state index in [-0.39, 0.29) is 16.5 Å². The van der Waals surface area contributed by atoms with Crippen molar-refractivity contribution in [3.8, 4) is 0 Å². The molecule has 15 heavy (non-hydrogen) atoms. The molecule has 6 heteroatoms. The number of benzene rings is 1. The van der Waals surface area contributed by atoms with Crippen LogP contribution in [0.5, 0.6) is 0 Å². The predicted molar refractivity (Wildman–Crippen MR) is 64.3 cm³/mol. The Balaban J connectivity index is 2.97. The quantitative estimate of drug-likeness (QED) is 0.928. The first-order valence-electron chi connectivity index (χ1n) is 4.01. The van der Waals surface area contributed by atoms with Gasteiger partial charge in [0.25, 0.3) is 0 Å². The number of rotatable bonds is 4. The van der Waals surface area contributed by atoms with Crippen molar-refractivity contribution in [2.45, 2.75) is 4.90 Å². The summed E-state index contributed by atoms with van der Waals surface area (Å²) in [6, 6.07) is 6.55. The lowest BCUT2D eigenvalue weighted by Crippen LogP contribution is -2.25. The minimum absolute atomic E-state index is 0.0191. The summed E-state index contributed by atoms with van der Waals surface area (Å²) < 4.78 is 26.3. The first kappa shape index (κ1) is 12.7. The Bertz CT molecular complexity index is 473. The fourth-order valence-electron chi connectivity index (χ4n) is 0.914. The highest BCUT2D eigenvalue weighted by molar-refractivity contribution is 9.10. The van der Waals surface area contributed by atoms with Crippen LogP contribution in [0.1, 0.15) is 0 Å². The van der Waals surface area contributed by atoms with Gasteiger partial charge in [0.2, 0.25) is 10.0 Å². The first-order chi connectivity index (χ1) is 6.93. The zero-order valence-electron chi connectivity index (χ0n) is 7.70. The molecular formula is C9H9BrClNO2S. The summed E-state index contributed by atoms with van der Waals surface area (Å²) in [4.78, 5) is 0.183. The number of sulfonamides is 1. The van der Waals surface area contributed by atoms with Crippen molar-refractivity contribution < 1.29 is 8.42 Å². The van der Waals surface area contributed by atoms with Crippen molar-refractivity contribution in [3.05, 3.63) is 40.3 Å². The van der Waals surface area contributed by atoms with Gasteiger partial charge in [-0.15, -0.1) is 0 Å². The lowest BCUT2D eigenvalue weighted by Gasteiger charge is -2.07. The molecule has 0 aliphatic carbocycles. The molecule has 0 saturated carbocycles. The molecule has 0 spiro atoms. The summed E-state index contributed by atoms with van der Waals surface area (Å²) in [6.45, 7) is 3.42. The summed E-state index contributed by atoms with van der Waals surface area (Å²) in [7, 11) is -3.53. The molecule has 1 aromatic rings. The second-order valence-corrected chi connectivity index (χ2v) is 5.90. The third kappa shape index (κ3) is 3.61. The van der Waals surface area contributed by atoms with Crippen LogP contribution in [-0.4, -0.2) is 15.0 Å². The van der Waals surface area contributed by atoms with Crippen LogP contribution < -0.4 is 4.72 Å². The number of hydrogen-bond donors (Lipinski definition) is 1. The summed E-state index contributed by atoms with van der Waals surface area (Å²) >= 11 is 8.64. The normalized spacial score (nSPS) is 11.3. The van der Waals surface area contributed by atoms with E-state index in [9.17, 15) is 8.42 Å². The van der Waals surface area contributed by atoms with Gasteiger partial charge >= 0.3 is 0 Å². The lowest BCUT2D eigenvalue weighted by atomic mass is 10.4. The monoisotopic (exact) mass is 309 g/mol. The Morgan fingerprint density at radius 3 is 2.60 bits per heavy atom. The van der Waals surface area contributed by atoms with Crippen molar-refractivity contribution in [2.75, 3.05) is 6.54 Å². The van der Waals surface area contributed by atoms with E-state index in [0.717, 1.165) is 0 Å². The molecule has 0 heterocycles. The van der Waals surface area contributed by atoms with E-state index >= 15 is 0 Å². The van der Waals surface area contributed by atoms with Gasteiger partial charge < -0.3 is 0 Å².